The van der Waals surface area contributed by atoms with E-state index in [1.54, 1.807) is 10.4 Å². The average Bonchev–Trinajstić information content (AvgIpc) is 2.63. The van der Waals surface area contributed by atoms with Crippen molar-refractivity contribution in [1.29, 1.82) is 0 Å². The number of nitrogens with zero attached hydrogens (tertiary/aromatic N) is 1. The second-order valence-electron chi connectivity index (χ2n) is 4.73. The van der Waals surface area contributed by atoms with Crippen LogP contribution < -0.4 is 0 Å². The number of quaternary nitrogens is 1. The molecule has 3 heterocycles. The molecular weight excluding hydrogens is 178 g/mol. The van der Waals surface area contributed by atoms with E-state index in [4.69, 9.17) is 0 Å². The molecule has 0 aromatic carbocycles. The summed E-state index contributed by atoms with van der Waals surface area (Å²) in [5.74, 6) is 0. The molecule has 0 bridgehead atoms. The third-order valence-electron chi connectivity index (χ3n) is 3.88. The standard InChI is InChI=1S/C11H16NS/c1-12-5-2-3-10(12)7-11-9(8-12)4-6-13-11/h4,6,10H,2-3,5,7-8H2,1H3/q+1/t10-,12-/m0/s1. The zero-order valence-corrected chi connectivity index (χ0v) is 8.94. The molecule has 2 aliphatic heterocycles. The van der Waals surface area contributed by atoms with Crippen LogP contribution in [0.3, 0.4) is 0 Å². The maximum absolute atomic E-state index is 2.44. The van der Waals surface area contributed by atoms with E-state index in [0.29, 0.717) is 0 Å². The molecule has 2 aliphatic rings. The van der Waals surface area contributed by atoms with E-state index in [-0.39, 0.29) is 0 Å². The summed E-state index contributed by atoms with van der Waals surface area (Å²) in [5.41, 5.74) is 1.63. The molecule has 0 saturated carbocycles. The van der Waals surface area contributed by atoms with Gasteiger partial charge in [-0.25, -0.2) is 0 Å². The molecule has 13 heavy (non-hydrogen) atoms. The summed E-state index contributed by atoms with van der Waals surface area (Å²) in [7, 11) is 2.44. The molecule has 0 spiro atoms. The van der Waals surface area contributed by atoms with Crippen molar-refractivity contribution in [3.63, 3.8) is 0 Å². The fourth-order valence-electron chi connectivity index (χ4n) is 3.00. The van der Waals surface area contributed by atoms with E-state index < -0.39 is 0 Å². The van der Waals surface area contributed by atoms with E-state index in [2.05, 4.69) is 18.5 Å². The predicted molar refractivity (Wildman–Crippen MR) is 55.8 cm³/mol. The number of hydrogen-bond acceptors (Lipinski definition) is 1. The van der Waals surface area contributed by atoms with Gasteiger partial charge in [0.05, 0.1) is 19.6 Å². The smallest absolute Gasteiger partial charge is 0.105 e. The first-order chi connectivity index (χ1) is 6.28. The van der Waals surface area contributed by atoms with Crippen LogP contribution in [0.1, 0.15) is 23.3 Å². The van der Waals surface area contributed by atoms with Gasteiger partial charge in [0.15, 0.2) is 0 Å². The van der Waals surface area contributed by atoms with Crippen LogP contribution in [-0.2, 0) is 13.0 Å². The molecule has 0 unspecified atom stereocenters. The monoisotopic (exact) mass is 194 g/mol. The van der Waals surface area contributed by atoms with Crippen molar-refractivity contribution < 1.29 is 4.48 Å². The van der Waals surface area contributed by atoms with Gasteiger partial charge >= 0.3 is 0 Å². The van der Waals surface area contributed by atoms with Gasteiger partial charge in [-0.2, -0.15) is 0 Å². The van der Waals surface area contributed by atoms with E-state index in [1.165, 1.54) is 36.8 Å². The van der Waals surface area contributed by atoms with E-state index >= 15 is 0 Å². The Morgan fingerprint density at radius 1 is 1.54 bits per heavy atom. The van der Waals surface area contributed by atoms with Gasteiger partial charge in [-0.1, -0.05) is 0 Å². The van der Waals surface area contributed by atoms with E-state index in [9.17, 15) is 0 Å². The quantitative estimate of drug-likeness (QED) is 0.556. The maximum Gasteiger partial charge on any atom is 0.105 e. The minimum Gasteiger partial charge on any atom is -0.320 e. The topological polar surface area (TPSA) is 0 Å². The second-order valence-corrected chi connectivity index (χ2v) is 5.73. The van der Waals surface area contributed by atoms with Crippen molar-refractivity contribution in [2.45, 2.75) is 31.8 Å². The number of likely N-dealkylation sites (N-methyl/N-ethyl adjacent to an activating group) is 1. The zero-order chi connectivity index (χ0) is 8.89. The minimum absolute atomic E-state index is 0.936. The van der Waals surface area contributed by atoms with Crippen LogP contribution in [0.25, 0.3) is 0 Å². The van der Waals surface area contributed by atoms with Crippen LogP contribution in [-0.4, -0.2) is 24.1 Å². The van der Waals surface area contributed by atoms with Crippen LogP contribution >= 0.6 is 11.3 Å². The van der Waals surface area contributed by atoms with Gasteiger partial charge in [-0.3, -0.25) is 0 Å². The highest BCUT2D eigenvalue weighted by molar-refractivity contribution is 7.10. The van der Waals surface area contributed by atoms with Crippen molar-refractivity contribution in [2.75, 3.05) is 13.6 Å². The van der Waals surface area contributed by atoms with Crippen LogP contribution in [0.15, 0.2) is 11.4 Å². The average molecular weight is 194 g/mol. The summed E-state index contributed by atoms with van der Waals surface area (Å²) in [6.45, 7) is 2.70. The highest BCUT2D eigenvalue weighted by Crippen LogP contribution is 2.37. The van der Waals surface area contributed by atoms with Gasteiger partial charge in [0.1, 0.15) is 6.54 Å². The van der Waals surface area contributed by atoms with Crippen molar-refractivity contribution in [2.24, 2.45) is 0 Å². The Hall–Kier alpha value is -0.340. The molecule has 2 atom stereocenters. The molecule has 0 N–H and O–H groups in total. The second kappa shape index (κ2) is 2.58. The maximum atomic E-state index is 2.44. The summed E-state index contributed by atoms with van der Waals surface area (Å²) < 4.78 is 1.32. The number of thiophene rings is 1. The lowest BCUT2D eigenvalue weighted by Crippen LogP contribution is -2.50. The van der Waals surface area contributed by atoms with Gasteiger partial charge in [0.2, 0.25) is 0 Å². The molecule has 0 aliphatic carbocycles. The highest BCUT2D eigenvalue weighted by atomic mass is 32.1. The summed E-state index contributed by atoms with van der Waals surface area (Å²) >= 11 is 1.96. The molecule has 0 radical (unpaired) electrons. The SMILES string of the molecule is C[N@@+]12CCC[C@H]1Cc1sccc1C2. The molecule has 1 saturated heterocycles. The van der Waals surface area contributed by atoms with Crippen molar-refractivity contribution >= 4 is 11.3 Å². The minimum atomic E-state index is 0.936. The van der Waals surface area contributed by atoms with Crippen LogP contribution in [0.4, 0.5) is 0 Å². The van der Waals surface area contributed by atoms with E-state index in [1.807, 2.05) is 11.3 Å². The first kappa shape index (κ1) is 8.01. The third-order valence-corrected chi connectivity index (χ3v) is 4.86. The Kier molecular flexibility index (Phi) is 1.59. The van der Waals surface area contributed by atoms with Crippen molar-refractivity contribution in [1.82, 2.24) is 0 Å². The van der Waals surface area contributed by atoms with Gasteiger partial charge in [-0.15, -0.1) is 11.3 Å². The first-order valence-electron chi connectivity index (χ1n) is 5.17. The number of rotatable bonds is 0. The van der Waals surface area contributed by atoms with E-state index in [0.717, 1.165) is 6.04 Å². The molecule has 2 heteroatoms. The number of fused-ring (bicyclic) bond motifs is 2. The lowest BCUT2D eigenvalue weighted by molar-refractivity contribution is -0.935. The number of hydrogen-bond donors (Lipinski definition) is 0. The fraction of sp³-hybridized carbons (Fsp3) is 0.636. The lowest BCUT2D eigenvalue weighted by atomic mass is 10.0. The molecule has 70 valence electrons. The van der Waals surface area contributed by atoms with Crippen molar-refractivity contribution in [3.05, 3.63) is 21.9 Å². The van der Waals surface area contributed by atoms with Crippen molar-refractivity contribution in [3.8, 4) is 0 Å². The normalized spacial score (nSPS) is 37.2. The molecule has 1 aromatic rings. The van der Waals surface area contributed by atoms with Gasteiger partial charge in [0, 0.05) is 29.7 Å². The van der Waals surface area contributed by atoms with Gasteiger partial charge < -0.3 is 4.48 Å². The summed E-state index contributed by atoms with van der Waals surface area (Å²) in [5, 5.41) is 2.26. The summed E-state index contributed by atoms with van der Waals surface area (Å²) in [4.78, 5) is 1.67. The lowest BCUT2D eigenvalue weighted by Gasteiger charge is -2.39. The van der Waals surface area contributed by atoms with Crippen LogP contribution in [0, 0.1) is 0 Å². The molecule has 3 rings (SSSR count). The zero-order valence-electron chi connectivity index (χ0n) is 8.12. The molecule has 1 fully saturated rings. The molecule has 1 aromatic heterocycles. The Morgan fingerprint density at radius 3 is 3.38 bits per heavy atom. The summed E-state index contributed by atoms with van der Waals surface area (Å²) in [6.07, 6.45) is 4.24. The highest BCUT2D eigenvalue weighted by Gasteiger charge is 2.42. The molecule has 1 nitrogen and oxygen atoms in total. The fourth-order valence-corrected chi connectivity index (χ4v) is 3.97. The van der Waals surface area contributed by atoms with Gasteiger partial charge in [0.25, 0.3) is 0 Å². The largest absolute Gasteiger partial charge is 0.320 e. The van der Waals surface area contributed by atoms with Crippen LogP contribution in [0.2, 0.25) is 0 Å². The molecular formula is C11H16NS+. The Balaban J connectivity index is 2.01. The Labute approximate surface area is 83.6 Å². The predicted octanol–water partition coefficient (Wildman–Crippen LogP) is 2.41. The van der Waals surface area contributed by atoms with Gasteiger partial charge in [-0.05, 0) is 11.4 Å². The summed E-state index contributed by atoms with van der Waals surface area (Å²) in [6, 6.07) is 3.27. The Bertz CT molecular complexity index is 331. The third kappa shape index (κ3) is 1.09. The van der Waals surface area contributed by atoms with Crippen LogP contribution in [0.5, 0.6) is 0 Å². The Morgan fingerprint density at radius 2 is 2.46 bits per heavy atom. The first-order valence-corrected chi connectivity index (χ1v) is 6.05. The molecule has 0 amide bonds.